The zero-order chi connectivity index (χ0) is 11.8. The minimum absolute atomic E-state index is 0.402. The van der Waals surface area contributed by atoms with Gasteiger partial charge in [-0.2, -0.15) is 5.48 Å². The monoisotopic (exact) mass is 221 g/mol. The molecule has 0 saturated heterocycles. The molecule has 0 radical (unpaired) electrons. The number of carboxylic acids is 1. The summed E-state index contributed by atoms with van der Waals surface area (Å²) in [5.41, 5.74) is 4.48. The standard InChI is InChI=1S/C12H15NO3/c1-10(7-12(14)15)8-13-16-9-11-5-3-2-4-6-11/h2-7,13H,8-9H2,1H3,(H,14,15)/b10-7-. The molecule has 0 saturated carbocycles. The molecule has 0 aliphatic heterocycles. The lowest BCUT2D eigenvalue weighted by Crippen LogP contribution is -2.17. The van der Waals surface area contributed by atoms with Crippen molar-refractivity contribution in [2.75, 3.05) is 6.54 Å². The number of hydrogen-bond acceptors (Lipinski definition) is 3. The lowest BCUT2D eigenvalue weighted by atomic mass is 10.2. The lowest BCUT2D eigenvalue weighted by Gasteiger charge is -2.05. The second-order valence-corrected chi connectivity index (χ2v) is 3.42. The van der Waals surface area contributed by atoms with Crippen LogP contribution in [-0.2, 0) is 16.2 Å². The zero-order valence-corrected chi connectivity index (χ0v) is 9.14. The molecule has 0 aliphatic rings. The van der Waals surface area contributed by atoms with E-state index in [9.17, 15) is 4.79 Å². The molecular weight excluding hydrogens is 206 g/mol. The van der Waals surface area contributed by atoms with Crippen molar-refractivity contribution in [3.8, 4) is 0 Å². The molecule has 0 atom stereocenters. The van der Waals surface area contributed by atoms with Gasteiger partial charge in [-0.1, -0.05) is 30.3 Å². The summed E-state index contributed by atoms with van der Waals surface area (Å²) in [5.74, 6) is -0.942. The van der Waals surface area contributed by atoms with Crippen LogP contribution in [0.3, 0.4) is 0 Å². The van der Waals surface area contributed by atoms with Crippen LogP contribution in [0.1, 0.15) is 12.5 Å². The van der Waals surface area contributed by atoms with Crippen molar-refractivity contribution < 1.29 is 14.7 Å². The Labute approximate surface area is 94.5 Å². The molecule has 0 bridgehead atoms. The second-order valence-electron chi connectivity index (χ2n) is 3.42. The van der Waals surface area contributed by atoms with Crippen LogP contribution in [-0.4, -0.2) is 17.6 Å². The molecule has 0 amide bonds. The molecule has 2 N–H and O–H groups in total. The van der Waals surface area contributed by atoms with Crippen molar-refractivity contribution >= 4 is 5.97 Å². The van der Waals surface area contributed by atoms with E-state index >= 15 is 0 Å². The third-order valence-electron chi connectivity index (χ3n) is 1.90. The molecule has 0 heterocycles. The van der Waals surface area contributed by atoms with Crippen LogP contribution in [0, 0.1) is 0 Å². The van der Waals surface area contributed by atoms with Gasteiger partial charge in [-0.15, -0.1) is 0 Å². The highest BCUT2D eigenvalue weighted by Gasteiger charge is 1.95. The largest absolute Gasteiger partial charge is 0.478 e. The Hall–Kier alpha value is -1.65. The van der Waals surface area contributed by atoms with Crippen LogP contribution in [0.25, 0.3) is 0 Å². The van der Waals surface area contributed by atoms with E-state index in [2.05, 4.69) is 5.48 Å². The number of rotatable bonds is 6. The summed E-state index contributed by atoms with van der Waals surface area (Å²) in [6.07, 6.45) is 1.15. The molecule has 0 spiro atoms. The fraction of sp³-hybridized carbons (Fsp3) is 0.250. The van der Waals surface area contributed by atoms with Crippen LogP contribution in [0.2, 0.25) is 0 Å². The van der Waals surface area contributed by atoms with Crippen molar-refractivity contribution in [1.29, 1.82) is 0 Å². The maximum absolute atomic E-state index is 10.3. The molecule has 1 aromatic rings. The summed E-state index contributed by atoms with van der Waals surface area (Å²) >= 11 is 0. The van der Waals surface area contributed by atoms with Gasteiger partial charge in [0.1, 0.15) is 0 Å². The molecule has 4 nitrogen and oxygen atoms in total. The van der Waals surface area contributed by atoms with Gasteiger partial charge in [-0.3, -0.25) is 4.84 Å². The first kappa shape index (κ1) is 12.4. The van der Waals surface area contributed by atoms with E-state index in [1.807, 2.05) is 30.3 Å². The predicted molar refractivity (Wildman–Crippen MR) is 60.6 cm³/mol. The molecule has 0 aromatic heterocycles. The number of carboxylic acid groups (broad SMARTS) is 1. The number of aliphatic carboxylic acids is 1. The summed E-state index contributed by atoms with van der Waals surface area (Å²) in [5, 5.41) is 8.47. The van der Waals surface area contributed by atoms with Crippen LogP contribution in [0.4, 0.5) is 0 Å². The Morgan fingerprint density at radius 2 is 2.12 bits per heavy atom. The number of benzene rings is 1. The van der Waals surface area contributed by atoms with Gasteiger partial charge in [0.2, 0.25) is 0 Å². The second kappa shape index (κ2) is 6.76. The van der Waals surface area contributed by atoms with Crippen LogP contribution >= 0.6 is 0 Å². The van der Waals surface area contributed by atoms with E-state index in [-0.39, 0.29) is 0 Å². The van der Waals surface area contributed by atoms with Gasteiger partial charge in [0.15, 0.2) is 0 Å². The predicted octanol–water partition coefficient (Wildman–Crippen LogP) is 1.74. The maximum Gasteiger partial charge on any atom is 0.328 e. The van der Waals surface area contributed by atoms with Gasteiger partial charge in [0.25, 0.3) is 0 Å². The van der Waals surface area contributed by atoms with Crippen molar-refractivity contribution in [2.24, 2.45) is 0 Å². The summed E-state index contributed by atoms with van der Waals surface area (Å²) in [6, 6.07) is 9.74. The van der Waals surface area contributed by atoms with Crippen LogP contribution < -0.4 is 5.48 Å². The molecule has 0 aliphatic carbocycles. The average Bonchev–Trinajstić information content (AvgIpc) is 2.25. The highest BCUT2D eigenvalue weighted by Crippen LogP contribution is 1.99. The molecule has 1 rings (SSSR count). The molecule has 16 heavy (non-hydrogen) atoms. The third-order valence-corrected chi connectivity index (χ3v) is 1.90. The van der Waals surface area contributed by atoms with Crippen molar-refractivity contribution in [3.63, 3.8) is 0 Å². The Morgan fingerprint density at radius 3 is 2.75 bits per heavy atom. The average molecular weight is 221 g/mol. The smallest absolute Gasteiger partial charge is 0.328 e. The SMILES string of the molecule is C/C(=C/C(=O)O)CNOCc1ccccc1. The fourth-order valence-electron chi connectivity index (χ4n) is 1.14. The minimum atomic E-state index is -0.942. The first-order valence-corrected chi connectivity index (χ1v) is 4.97. The number of hydroxylamine groups is 1. The van der Waals surface area contributed by atoms with Gasteiger partial charge >= 0.3 is 5.97 Å². The Kier molecular flexibility index (Phi) is 5.25. The number of carbonyl (C=O) groups is 1. The maximum atomic E-state index is 10.3. The first-order valence-electron chi connectivity index (χ1n) is 4.97. The lowest BCUT2D eigenvalue weighted by molar-refractivity contribution is -0.131. The molecule has 0 unspecified atom stereocenters. The summed E-state index contributed by atoms with van der Waals surface area (Å²) < 4.78 is 0. The first-order chi connectivity index (χ1) is 7.68. The highest BCUT2D eigenvalue weighted by molar-refractivity contribution is 5.80. The van der Waals surface area contributed by atoms with Crippen LogP contribution in [0.5, 0.6) is 0 Å². The zero-order valence-electron chi connectivity index (χ0n) is 9.14. The van der Waals surface area contributed by atoms with E-state index < -0.39 is 5.97 Å². The normalized spacial score (nSPS) is 11.4. The van der Waals surface area contributed by atoms with Crippen molar-refractivity contribution in [1.82, 2.24) is 5.48 Å². The van der Waals surface area contributed by atoms with E-state index in [1.54, 1.807) is 6.92 Å². The van der Waals surface area contributed by atoms with Crippen LogP contribution in [0.15, 0.2) is 42.0 Å². The van der Waals surface area contributed by atoms with Gasteiger partial charge < -0.3 is 5.11 Å². The Morgan fingerprint density at radius 1 is 1.44 bits per heavy atom. The topological polar surface area (TPSA) is 58.6 Å². The number of hydrogen-bond donors (Lipinski definition) is 2. The van der Waals surface area contributed by atoms with E-state index in [0.29, 0.717) is 18.7 Å². The Balaban J connectivity index is 2.20. The minimum Gasteiger partial charge on any atom is -0.478 e. The van der Waals surface area contributed by atoms with E-state index in [1.165, 1.54) is 0 Å². The fourth-order valence-corrected chi connectivity index (χ4v) is 1.14. The van der Waals surface area contributed by atoms with Crippen molar-refractivity contribution in [2.45, 2.75) is 13.5 Å². The van der Waals surface area contributed by atoms with E-state index in [4.69, 9.17) is 9.94 Å². The molecular formula is C12H15NO3. The summed E-state index contributed by atoms with van der Waals surface area (Å²) in [4.78, 5) is 15.5. The number of nitrogens with one attached hydrogen (secondary N) is 1. The molecule has 4 heteroatoms. The quantitative estimate of drug-likeness (QED) is 0.436. The molecule has 86 valence electrons. The van der Waals surface area contributed by atoms with Gasteiger partial charge in [-0.05, 0) is 18.1 Å². The third kappa shape index (κ3) is 5.29. The van der Waals surface area contributed by atoms with Gasteiger partial charge in [-0.25, -0.2) is 4.79 Å². The summed E-state index contributed by atoms with van der Waals surface area (Å²) in [7, 11) is 0. The van der Waals surface area contributed by atoms with Crippen molar-refractivity contribution in [3.05, 3.63) is 47.5 Å². The van der Waals surface area contributed by atoms with E-state index in [0.717, 1.165) is 11.6 Å². The Bertz CT molecular complexity index is 360. The summed E-state index contributed by atoms with van der Waals surface area (Å²) in [6.45, 7) is 2.59. The highest BCUT2D eigenvalue weighted by atomic mass is 16.6. The van der Waals surface area contributed by atoms with Gasteiger partial charge in [0, 0.05) is 12.6 Å². The molecule has 0 fully saturated rings. The molecule has 1 aromatic carbocycles. The van der Waals surface area contributed by atoms with Gasteiger partial charge in [0.05, 0.1) is 6.61 Å².